The minimum absolute atomic E-state index is 0.863. The Balaban J connectivity index is 2.15. The van der Waals surface area contributed by atoms with E-state index < -0.39 is 0 Å². The first-order valence-electron chi connectivity index (χ1n) is 7.06. The van der Waals surface area contributed by atoms with Gasteiger partial charge in [0.15, 0.2) is 0 Å². The smallest absolute Gasteiger partial charge is 0.137 e. The summed E-state index contributed by atoms with van der Waals surface area (Å²) in [5, 5.41) is 3.30. The third-order valence-electron chi connectivity index (χ3n) is 3.79. The van der Waals surface area contributed by atoms with Crippen molar-refractivity contribution in [1.29, 1.82) is 0 Å². The fourth-order valence-corrected chi connectivity index (χ4v) is 2.46. The van der Waals surface area contributed by atoms with Crippen molar-refractivity contribution in [2.75, 3.05) is 29.9 Å². The molecule has 0 amide bonds. The molecule has 0 saturated heterocycles. The Morgan fingerprint density at radius 1 is 1.33 bits per heavy atom. The summed E-state index contributed by atoms with van der Waals surface area (Å²) in [6.45, 7) is 9.45. The van der Waals surface area contributed by atoms with Gasteiger partial charge in [0.25, 0.3) is 0 Å². The molecule has 0 unspecified atom stereocenters. The maximum absolute atomic E-state index is 4.48. The second kappa shape index (κ2) is 6.03. The van der Waals surface area contributed by atoms with Gasteiger partial charge in [0.2, 0.25) is 0 Å². The van der Waals surface area contributed by atoms with E-state index in [1.54, 1.807) is 6.33 Å². The van der Waals surface area contributed by atoms with Gasteiger partial charge in [0.05, 0.1) is 0 Å². The van der Waals surface area contributed by atoms with Gasteiger partial charge >= 0.3 is 0 Å². The number of aromatic nitrogens is 2. The van der Waals surface area contributed by atoms with Crippen LogP contribution in [0.3, 0.4) is 0 Å². The third-order valence-corrected chi connectivity index (χ3v) is 3.79. The van der Waals surface area contributed by atoms with Crippen LogP contribution in [0.5, 0.6) is 0 Å². The van der Waals surface area contributed by atoms with Gasteiger partial charge in [-0.05, 0) is 39.5 Å². The first-order chi connectivity index (χ1) is 8.76. The van der Waals surface area contributed by atoms with Gasteiger partial charge < -0.3 is 10.2 Å². The molecule has 0 aliphatic heterocycles. The zero-order valence-electron chi connectivity index (χ0n) is 11.7. The highest BCUT2D eigenvalue weighted by molar-refractivity contribution is 5.57. The first-order valence-corrected chi connectivity index (χ1v) is 7.06. The molecule has 0 spiro atoms. The summed E-state index contributed by atoms with van der Waals surface area (Å²) in [5.41, 5.74) is 1.17. The standard InChI is InChI=1S/C14H24N4/c1-4-15-13-11(3)14(17-10-16-13)18(5-2)9-12-7-6-8-12/h10,12H,4-9H2,1-3H3,(H,15,16,17). The molecule has 100 valence electrons. The predicted molar refractivity (Wildman–Crippen MR) is 76.2 cm³/mol. The lowest BCUT2D eigenvalue weighted by Gasteiger charge is -2.33. The molecule has 0 atom stereocenters. The van der Waals surface area contributed by atoms with Crippen molar-refractivity contribution in [3.05, 3.63) is 11.9 Å². The summed E-state index contributed by atoms with van der Waals surface area (Å²) in [5.74, 6) is 2.92. The van der Waals surface area contributed by atoms with E-state index in [1.165, 1.54) is 24.8 Å². The van der Waals surface area contributed by atoms with Crippen LogP contribution in [-0.4, -0.2) is 29.6 Å². The molecule has 1 saturated carbocycles. The number of nitrogens with one attached hydrogen (secondary N) is 1. The van der Waals surface area contributed by atoms with Crippen molar-refractivity contribution < 1.29 is 0 Å². The molecule has 4 nitrogen and oxygen atoms in total. The van der Waals surface area contributed by atoms with Crippen molar-refractivity contribution in [1.82, 2.24) is 9.97 Å². The summed E-state index contributed by atoms with van der Waals surface area (Å²) in [4.78, 5) is 11.2. The minimum Gasteiger partial charge on any atom is -0.370 e. The van der Waals surface area contributed by atoms with E-state index in [9.17, 15) is 0 Å². The number of hydrogen-bond acceptors (Lipinski definition) is 4. The fourth-order valence-electron chi connectivity index (χ4n) is 2.46. The zero-order chi connectivity index (χ0) is 13.0. The highest BCUT2D eigenvalue weighted by Crippen LogP contribution is 2.30. The molecule has 1 heterocycles. The SMILES string of the molecule is CCNc1ncnc(N(CC)CC2CCC2)c1C. The molecule has 1 N–H and O–H groups in total. The van der Waals surface area contributed by atoms with Gasteiger partial charge in [-0.3, -0.25) is 0 Å². The number of anilines is 2. The van der Waals surface area contributed by atoms with Crippen LogP contribution in [-0.2, 0) is 0 Å². The summed E-state index contributed by atoms with van der Waals surface area (Å²) in [7, 11) is 0. The van der Waals surface area contributed by atoms with Gasteiger partial charge in [-0.25, -0.2) is 9.97 Å². The minimum atomic E-state index is 0.863. The van der Waals surface area contributed by atoms with Gasteiger partial charge in [-0.2, -0.15) is 0 Å². The molecule has 0 bridgehead atoms. The van der Waals surface area contributed by atoms with Crippen LogP contribution in [0.1, 0.15) is 38.7 Å². The summed E-state index contributed by atoms with van der Waals surface area (Å²) in [6, 6.07) is 0. The molecular formula is C14H24N4. The third kappa shape index (κ3) is 2.74. The maximum Gasteiger partial charge on any atom is 0.137 e. The summed E-state index contributed by atoms with van der Waals surface area (Å²) in [6.07, 6.45) is 5.82. The van der Waals surface area contributed by atoms with Gasteiger partial charge in [-0.1, -0.05) is 6.42 Å². The van der Waals surface area contributed by atoms with E-state index in [0.29, 0.717) is 0 Å². The monoisotopic (exact) mass is 248 g/mol. The van der Waals surface area contributed by atoms with Crippen LogP contribution >= 0.6 is 0 Å². The fraction of sp³-hybridized carbons (Fsp3) is 0.714. The zero-order valence-corrected chi connectivity index (χ0v) is 11.7. The Kier molecular flexibility index (Phi) is 4.39. The number of hydrogen-bond donors (Lipinski definition) is 1. The maximum atomic E-state index is 4.48. The second-order valence-corrected chi connectivity index (χ2v) is 5.04. The molecule has 1 fully saturated rings. The predicted octanol–water partition coefficient (Wildman–Crippen LogP) is 2.84. The lowest BCUT2D eigenvalue weighted by atomic mass is 9.85. The molecule has 1 aromatic rings. The van der Waals surface area contributed by atoms with E-state index in [2.05, 4.69) is 41.0 Å². The molecule has 1 aromatic heterocycles. The van der Waals surface area contributed by atoms with E-state index in [-0.39, 0.29) is 0 Å². The van der Waals surface area contributed by atoms with Crippen molar-refractivity contribution >= 4 is 11.6 Å². The van der Waals surface area contributed by atoms with Crippen molar-refractivity contribution in [3.63, 3.8) is 0 Å². The normalized spacial score (nSPS) is 15.3. The molecular weight excluding hydrogens is 224 g/mol. The Labute approximate surface area is 110 Å². The average Bonchev–Trinajstić information content (AvgIpc) is 2.32. The molecule has 1 aliphatic rings. The quantitative estimate of drug-likeness (QED) is 0.840. The number of rotatable bonds is 6. The Bertz CT molecular complexity index is 387. The molecule has 1 aliphatic carbocycles. The van der Waals surface area contributed by atoms with Gasteiger partial charge in [-0.15, -0.1) is 0 Å². The molecule has 0 aromatic carbocycles. The average molecular weight is 248 g/mol. The summed E-state index contributed by atoms with van der Waals surface area (Å²) < 4.78 is 0. The first kappa shape index (κ1) is 13.1. The van der Waals surface area contributed by atoms with Crippen LogP contribution in [0.25, 0.3) is 0 Å². The topological polar surface area (TPSA) is 41.1 Å². The highest BCUT2D eigenvalue weighted by atomic mass is 15.2. The molecule has 18 heavy (non-hydrogen) atoms. The Morgan fingerprint density at radius 3 is 2.67 bits per heavy atom. The van der Waals surface area contributed by atoms with E-state index >= 15 is 0 Å². The molecule has 4 heteroatoms. The van der Waals surface area contributed by atoms with Crippen LogP contribution in [0.4, 0.5) is 11.6 Å². The van der Waals surface area contributed by atoms with Gasteiger partial charge in [0, 0.05) is 25.2 Å². The van der Waals surface area contributed by atoms with Crippen LogP contribution in [0.2, 0.25) is 0 Å². The van der Waals surface area contributed by atoms with E-state index in [4.69, 9.17) is 0 Å². The van der Waals surface area contributed by atoms with Crippen LogP contribution in [0.15, 0.2) is 6.33 Å². The lowest BCUT2D eigenvalue weighted by Crippen LogP contribution is -2.33. The second-order valence-electron chi connectivity index (χ2n) is 5.04. The summed E-state index contributed by atoms with van der Waals surface area (Å²) >= 11 is 0. The molecule has 2 rings (SSSR count). The molecule has 0 radical (unpaired) electrons. The van der Waals surface area contributed by atoms with Crippen LogP contribution < -0.4 is 10.2 Å². The highest BCUT2D eigenvalue weighted by Gasteiger charge is 2.22. The Morgan fingerprint density at radius 2 is 2.11 bits per heavy atom. The van der Waals surface area contributed by atoms with E-state index in [0.717, 1.165) is 37.2 Å². The lowest BCUT2D eigenvalue weighted by molar-refractivity contribution is 0.318. The largest absolute Gasteiger partial charge is 0.370 e. The van der Waals surface area contributed by atoms with E-state index in [1.807, 2.05) is 0 Å². The number of nitrogens with zero attached hydrogens (tertiary/aromatic N) is 3. The van der Waals surface area contributed by atoms with Crippen LogP contribution in [0, 0.1) is 12.8 Å². The van der Waals surface area contributed by atoms with Gasteiger partial charge in [0.1, 0.15) is 18.0 Å². The van der Waals surface area contributed by atoms with Crippen molar-refractivity contribution in [2.45, 2.75) is 40.0 Å². The Hall–Kier alpha value is -1.32. The van der Waals surface area contributed by atoms with Crippen molar-refractivity contribution in [3.8, 4) is 0 Å². The van der Waals surface area contributed by atoms with Crippen molar-refractivity contribution in [2.24, 2.45) is 5.92 Å².